The van der Waals surface area contributed by atoms with E-state index in [1.807, 2.05) is 72.8 Å². The summed E-state index contributed by atoms with van der Waals surface area (Å²) in [5, 5.41) is 8.43. The van der Waals surface area contributed by atoms with E-state index < -0.39 is 11.6 Å². The average Bonchev–Trinajstić information content (AvgIpc) is 3.00. The Kier molecular flexibility index (Phi) is 8.12. The highest BCUT2D eigenvalue weighted by molar-refractivity contribution is 5.94. The van der Waals surface area contributed by atoms with Crippen LogP contribution in [0.1, 0.15) is 37.0 Å². The molecule has 0 aromatic heterocycles. The Morgan fingerprint density at radius 3 is 2.37 bits per heavy atom. The number of urea groups is 1. The molecule has 0 unspecified atom stereocenters. The Morgan fingerprint density at radius 2 is 1.68 bits per heavy atom. The second kappa shape index (κ2) is 11.5. The van der Waals surface area contributed by atoms with Crippen molar-refractivity contribution in [3.05, 3.63) is 89.5 Å². The summed E-state index contributed by atoms with van der Waals surface area (Å²) in [6, 6.07) is 22.5. The number of nitrogens with one attached hydrogen (secondary N) is 3. The molecule has 0 saturated carbocycles. The third kappa shape index (κ3) is 6.77. The molecule has 0 bridgehead atoms. The van der Waals surface area contributed by atoms with Crippen LogP contribution in [-0.4, -0.2) is 41.4 Å². The standard InChI is InChI=1S/C30H35N5O3/c1-30(2,31)17-27(36)33-26-16-22-11-7-8-12-23(22)19-35(28(26)37)18-20-13-14-24(21-9-5-4-6-10-21)25(15-20)34-29(38)32-3/h4-15,26H,16-19,31H2,1-3H3,(H,33,36)(H2,32,34,38)/t26-/m1/s1. The molecule has 0 saturated heterocycles. The maximum atomic E-state index is 13.7. The number of hydrogen-bond donors (Lipinski definition) is 4. The first-order valence-corrected chi connectivity index (χ1v) is 12.7. The molecule has 0 spiro atoms. The van der Waals surface area contributed by atoms with Crippen LogP contribution in [0.2, 0.25) is 0 Å². The Morgan fingerprint density at radius 1 is 1.00 bits per heavy atom. The largest absolute Gasteiger partial charge is 0.344 e. The number of benzene rings is 3. The Bertz CT molecular complexity index is 1320. The van der Waals surface area contributed by atoms with Crippen LogP contribution in [0.4, 0.5) is 10.5 Å². The van der Waals surface area contributed by atoms with E-state index in [4.69, 9.17) is 5.73 Å². The van der Waals surface area contributed by atoms with Gasteiger partial charge in [0.05, 0.1) is 5.69 Å². The zero-order valence-corrected chi connectivity index (χ0v) is 22.1. The quantitative estimate of drug-likeness (QED) is 0.384. The van der Waals surface area contributed by atoms with Gasteiger partial charge in [-0.15, -0.1) is 0 Å². The lowest BCUT2D eigenvalue weighted by molar-refractivity contribution is -0.137. The number of nitrogens with zero attached hydrogens (tertiary/aromatic N) is 1. The summed E-state index contributed by atoms with van der Waals surface area (Å²) in [6.07, 6.45) is 0.534. The molecule has 3 aromatic carbocycles. The smallest absolute Gasteiger partial charge is 0.318 e. The minimum atomic E-state index is -0.694. The normalized spacial score (nSPS) is 15.3. The third-order valence-corrected chi connectivity index (χ3v) is 6.48. The van der Waals surface area contributed by atoms with E-state index >= 15 is 0 Å². The van der Waals surface area contributed by atoms with Crippen LogP contribution in [-0.2, 0) is 29.1 Å². The van der Waals surface area contributed by atoms with E-state index in [0.717, 1.165) is 27.8 Å². The van der Waals surface area contributed by atoms with Crippen LogP contribution in [0.25, 0.3) is 11.1 Å². The van der Waals surface area contributed by atoms with E-state index in [1.165, 1.54) is 0 Å². The Labute approximate surface area is 223 Å². The number of hydrogen-bond acceptors (Lipinski definition) is 4. The number of fused-ring (bicyclic) bond motifs is 1. The molecule has 1 heterocycles. The monoisotopic (exact) mass is 513 g/mol. The van der Waals surface area contributed by atoms with Gasteiger partial charge in [0, 0.05) is 44.1 Å². The summed E-state index contributed by atoms with van der Waals surface area (Å²) in [6.45, 7) is 4.31. The van der Waals surface area contributed by atoms with Gasteiger partial charge in [0.1, 0.15) is 6.04 Å². The molecule has 0 aliphatic carbocycles. The maximum Gasteiger partial charge on any atom is 0.318 e. The van der Waals surface area contributed by atoms with Crippen LogP contribution in [0, 0.1) is 0 Å². The van der Waals surface area contributed by atoms with Crippen LogP contribution in [0.5, 0.6) is 0 Å². The zero-order chi connectivity index (χ0) is 27.3. The minimum absolute atomic E-state index is 0.119. The summed E-state index contributed by atoms with van der Waals surface area (Å²) >= 11 is 0. The van der Waals surface area contributed by atoms with Crippen LogP contribution >= 0.6 is 0 Å². The fourth-order valence-electron chi connectivity index (χ4n) is 4.70. The van der Waals surface area contributed by atoms with Crippen molar-refractivity contribution in [2.75, 3.05) is 12.4 Å². The Hall–Kier alpha value is -4.17. The summed E-state index contributed by atoms with van der Waals surface area (Å²) in [4.78, 5) is 40.4. The lowest BCUT2D eigenvalue weighted by Gasteiger charge is -2.26. The van der Waals surface area contributed by atoms with Crippen molar-refractivity contribution in [1.82, 2.24) is 15.5 Å². The first-order valence-electron chi connectivity index (χ1n) is 12.7. The van der Waals surface area contributed by atoms with Gasteiger partial charge in [0.25, 0.3) is 0 Å². The molecule has 1 atom stereocenters. The van der Waals surface area contributed by atoms with E-state index in [9.17, 15) is 14.4 Å². The summed E-state index contributed by atoms with van der Waals surface area (Å²) in [5.74, 6) is -0.406. The molecule has 0 radical (unpaired) electrons. The first-order chi connectivity index (χ1) is 18.1. The highest BCUT2D eigenvalue weighted by Gasteiger charge is 2.31. The van der Waals surface area contributed by atoms with Crippen molar-refractivity contribution in [2.45, 2.75) is 51.4 Å². The van der Waals surface area contributed by atoms with Gasteiger partial charge in [-0.05, 0) is 42.2 Å². The van der Waals surface area contributed by atoms with Gasteiger partial charge in [-0.1, -0.05) is 66.7 Å². The second-order valence-corrected chi connectivity index (χ2v) is 10.4. The van der Waals surface area contributed by atoms with E-state index in [-0.39, 0.29) is 24.3 Å². The van der Waals surface area contributed by atoms with Crippen LogP contribution in [0.3, 0.4) is 0 Å². The molecule has 1 aliphatic heterocycles. The molecular formula is C30H35N5O3. The highest BCUT2D eigenvalue weighted by atomic mass is 16.2. The predicted molar refractivity (Wildman–Crippen MR) is 149 cm³/mol. The SMILES string of the molecule is CNC(=O)Nc1cc(CN2Cc3ccccc3C[C@@H](NC(=O)CC(C)(C)N)C2=O)ccc1-c1ccccc1. The molecule has 8 nitrogen and oxygen atoms in total. The maximum absolute atomic E-state index is 13.7. The molecule has 8 heteroatoms. The highest BCUT2D eigenvalue weighted by Crippen LogP contribution is 2.30. The number of nitrogens with two attached hydrogens (primary N) is 1. The number of carbonyl (C=O) groups excluding carboxylic acids is 3. The summed E-state index contributed by atoms with van der Waals surface area (Å²) in [5.41, 5.74) is 10.8. The lowest BCUT2D eigenvalue weighted by Crippen LogP contribution is -2.50. The van der Waals surface area contributed by atoms with Gasteiger partial charge in [-0.3, -0.25) is 9.59 Å². The van der Waals surface area contributed by atoms with Crippen molar-refractivity contribution in [1.29, 1.82) is 0 Å². The predicted octanol–water partition coefficient (Wildman–Crippen LogP) is 3.80. The molecule has 5 N–H and O–H groups in total. The molecule has 4 amide bonds. The van der Waals surface area contributed by atoms with E-state index in [1.54, 1.807) is 25.8 Å². The van der Waals surface area contributed by atoms with Gasteiger partial charge in [-0.25, -0.2) is 4.79 Å². The molecule has 4 rings (SSSR count). The fourth-order valence-corrected chi connectivity index (χ4v) is 4.70. The first kappa shape index (κ1) is 26.9. The van der Waals surface area contributed by atoms with Gasteiger partial charge < -0.3 is 26.6 Å². The Balaban J connectivity index is 1.64. The van der Waals surface area contributed by atoms with Crippen molar-refractivity contribution >= 4 is 23.5 Å². The minimum Gasteiger partial charge on any atom is -0.344 e. The number of rotatable bonds is 7. The second-order valence-electron chi connectivity index (χ2n) is 10.4. The molecular weight excluding hydrogens is 478 g/mol. The average molecular weight is 514 g/mol. The zero-order valence-electron chi connectivity index (χ0n) is 22.1. The van der Waals surface area contributed by atoms with Crippen LogP contribution < -0.4 is 21.7 Å². The van der Waals surface area contributed by atoms with Crippen molar-refractivity contribution in [2.24, 2.45) is 5.73 Å². The van der Waals surface area contributed by atoms with Gasteiger partial charge in [0.2, 0.25) is 11.8 Å². The molecule has 1 aliphatic rings. The lowest BCUT2D eigenvalue weighted by atomic mass is 9.99. The van der Waals surface area contributed by atoms with E-state index in [0.29, 0.717) is 25.2 Å². The third-order valence-electron chi connectivity index (χ3n) is 6.48. The van der Waals surface area contributed by atoms with E-state index in [2.05, 4.69) is 16.0 Å². The molecule has 3 aromatic rings. The molecule has 0 fully saturated rings. The fraction of sp³-hybridized carbons (Fsp3) is 0.300. The topological polar surface area (TPSA) is 117 Å². The molecule has 38 heavy (non-hydrogen) atoms. The summed E-state index contributed by atoms with van der Waals surface area (Å²) in [7, 11) is 1.56. The van der Waals surface area contributed by atoms with Crippen molar-refractivity contribution < 1.29 is 14.4 Å². The number of anilines is 1. The van der Waals surface area contributed by atoms with Gasteiger partial charge in [0.15, 0.2) is 0 Å². The van der Waals surface area contributed by atoms with Gasteiger partial charge in [-0.2, -0.15) is 0 Å². The summed E-state index contributed by atoms with van der Waals surface area (Å²) < 4.78 is 0. The van der Waals surface area contributed by atoms with Crippen molar-refractivity contribution in [3.63, 3.8) is 0 Å². The van der Waals surface area contributed by atoms with Crippen molar-refractivity contribution in [3.8, 4) is 11.1 Å². The number of amides is 4. The number of carbonyl (C=O) groups is 3. The van der Waals surface area contributed by atoms with Gasteiger partial charge >= 0.3 is 6.03 Å². The van der Waals surface area contributed by atoms with Crippen LogP contribution in [0.15, 0.2) is 72.8 Å². The molecule has 198 valence electrons.